The predicted octanol–water partition coefficient (Wildman–Crippen LogP) is -3.12. The van der Waals surface area contributed by atoms with E-state index in [4.69, 9.17) is 16.2 Å². The summed E-state index contributed by atoms with van der Waals surface area (Å²) in [5, 5.41) is 31.2. The van der Waals surface area contributed by atoms with E-state index in [9.17, 15) is 53.1 Å². The van der Waals surface area contributed by atoms with Crippen LogP contribution in [-0.2, 0) is 71.9 Å². The molecule has 73 heavy (non-hydrogen) atoms. The highest BCUT2D eigenvalue weighted by molar-refractivity contribution is 5.98. The average molecular weight is 1020 g/mol. The Balaban J connectivity index is 1.45. The number of hydrogen-bond acceptors (Lipinski definition) is 14. The van der Waals surface area contributed by atoms with Crippen molar-refractivity contribution in [1.29, 1.82) is 0 Å². The molecule has 0 aliphatic heterocycles. The van der Waals surface area contributed by atoms with Gasteiger partial charge in [-0.15, -0.1) is 0 Å². The minimum Gasteiger partial charge on any atom is -0.467 e. The Morgan fingerprint density at radius 2 is 1.26 bits per heavy atom. The minimum absolute atomic E-state index is 0.0458. The monoisotopic (exact) mass is 1020 g/mol. The van der Waals surface area contributed by atoms with Crippen LogP contribution in [0.15, 0.2) is 73.3 Å². The largest absolute Gasteiger partial charge is 0.467 e. The van der Waals surface area contributed by atoms with E-state index in [1.807, 2.05) is 0 Å². The third kappa shape index (κ3) is 18.2. The van der Waals surface area contributed by atoms with Gasteiger partial charge in [0.1, 0.15) is 42.3 Å². The first-order valence-corrected chi connectivity index (χ1v) is 23.4. The molecule has 4 rings (SSSR count). The molecule has 0 unspecified atom stereocenters. The molecule has 2 heterocycles. The van der Waals surface area contributed by atoms with Crippen LogP contribution in [0, 0.1) is 5.92 Å². The van der Waals surface area contributed by atoms with Gasteiger partial charge in [-0.05, 0) is 43.4 Å². The Kier molecular flexibility index (Phi) is 22.0. The van der Waals surface area contributed by atoms with E-state index in [2.05, 4.69) is 57.5 Å². The molecule has 9 amide bonds. The van der Waals surface area contributed by atoms with Crippen molar-refractivity contribution in [3.63, 3.8) is 0 Å². The van der Waals surface area contributed by atoms with Gasteiger partial charge in [-0.3, -0.25) is 43.2 Å². The maximum atomic E-state index is 14.1. The van der Waals surface area contributed by atoms with Crippen molar-refractivity contribution in [2.45, 2.75) is 108 Å². The van der Waals surface area contributed by atoms with Gasteiger partial charge < -0.3 is 73.8 Å². The summed E-state index contributed by atoms with van der Waals surface area (Å²) in [6.45, 7) is 4.80. The minimum atomic E-state index is -1.67. The van der Waals surface area contributed by atoms with Crippen LogP contribution in [0.5, 0.6) is 0 Å². The summed E-state index contributed by atoms with van der Waals surface area (Å²) in [5.41, 5.74) is 13.2. The van der Waals surface area contributed by atoms with Crippen LogP contribution in [0.4, 0.5) is 0 Å². The quantitative estimate of drug-likeness (QED) is 0.0251. The van der Waals surface area contributed by atoms with Gasteiger partial charge in [0.2, 0.25) is 53.2 Å². The first kappa shape index (κ1) is 57.4. The molecular formula is C48H65N13O12. The predicted molar refractivity (Wildman–Crippen MR) is 263 cm³/mol. The second kappa shape index (κ2) is 28.0. The Labute approximate surface area is 420 Å². The summed E-state index contributed by atoms with van der Waals surface area (Å²) in [4.78, 5) is 142. The van der Waals surface area contributed by atoms with Gasteiger partial charge in [-0.1, -0.05) is 62.4 Å². The number of aliphatic hydroxyl groups is 1. The Bertz CT molecular complexity index is 2550. The smallest absolute Gasteiger partial charge is 0.328 e. The number of methoxy groups -OCH3 is 1. The fraction of sp³-hybridized carbons (Fsp3) is 0.438. The zero-order valence-electron chi connectivity index (χ0n) is 41.1. The number of aromatic nitrogens is 3. The number of hydrogen-bond donors (Lipinski definition) is 13. The lowest BCUT2D eigenvalue weighted by Crippen LogP contribution is -2.60. The average Bonchev–Trinajstić information content (AvgIpc) is 4.03. The summed E-state index contributed by atoms with van der Waals surface area (Å²) in [5.74, 6) is -8.77. The number of nitrogens with zero attached hydrogens (tertiary/aromatic N) is 1. The van der Waals surface area contributed by atoms with Crippen LogP contribution < -0.4 is 54.0 Å². The summed E-state index contributed by atoms with van der Waals surface area (Å²) >= 11 is 0. The maximum Gasteiger partial charge on any atom is 0.328 e. The standard InChI is InChI=1S/C48H65N13O12/c1-25(2)15-33(58-46(70)36(19-38(50)63)56-39(64)20-49)44(68)59-34(17-29-21-52-32-14-10-9-13-31(29)32)43(67)55-26(3)42(66)61-41(27(4)62)47(71)53-23-40(65)57-35(18-30-22-51-24-54-30)45(69)60-37(48(72)73-5)16-28-11-7-6-8-12-28/h6-14,21-22,24-27,33-37,41,52,62H,15-20,23,49H2,1-5H3,(H2,50,63)(H,51,54)(H,53,71)(H,55,67)(H,56,64)(H,57,65)(H,58,70)(H,59,68)(H,60,69)(H,61,66)/t26-,27+,33-,34-,35-,36-,37-,41-/m0/s1. The molecule has 0 fully saturated rings. The van der Waals surface area contributed by atoms with Gasteiger partial charge in [0.05, 0.1) is 39.1 Å². The van der Waals surface area contributed by atoms with Crippen LogP contribution >= 0.6 is 0 Å². The summed E-state index contributed by atoms with van der Waals surface area (Å²) in [7, 11) is 1.17. The van der Waals surface area contributed by atoms with Gasteiger partial charge in [-0.2, -0.15) is 0 Å². The van der Waals surface area contributed by atoms with Crippen LogP contribution in [0.3, 0.4) is 0 Å². The molecule has 0 radical (unpaired) electrons. The summed E-state index contributed by atoms with van der Waals surface area (Å²) in [6, 6.07) is 6.37. The molecule has 0 saturated carbocycles. The van der Waals surface area contributed by atoms with Crippen molar-refractivity contribution < 1.29 is 57.8 Å². The molecule has 0 saturated heterocycles. The molecule has 25 nitrogen and oxygen atoms in total. The highest BCUT2D eigenvalue weighted by atomic mass is 16.5. The van der Waals surface area contributed by atoms with Gasteiger partial charge in [0.25, 0.3) is 0 Å². The number of carbonyl (C=O) groups is 10. The molecule has 15 N–H and O–H groups in total. The molecule has 2 aromatic carbocycles. The van der Waals surface area contributed by atoms with Crippen molar-refractivity contribution in [2.75, 3.05) is 20.2 Å². The number of para-hydroxylation sites is 1. The molecule has 0 spiro atoms. The number of esters is 1. The van der Waals surface area contributed by atoms with E-state index in [0.717, 1.165) is 16.5 Å². The third-order valence-electron chi connectivity index (χ3n) is 11.3. The molecular weight excluding hydrogens is 951 g/mol. The van der Waals surface area contributed by atoms with E-state index >= 15 is 0 Å². The van der Waals surface area contributed by atoms with Crippen LogP contribution in [0.1, 0.15) is 57.4 Å². The lowest BCUT2D eigenvalue weighted by Gasteiger charge is -2.27. The lowest BCUT2D eigenvalue weighted by atomic mass is 10.00. The summed E-state index contributed by atoms with van der Waals surface area (Å²) in [6.07, 6.45) is 2.21. The normalized spacial score (nSPS) is 14.4. The number of H-pyrrole nitrogens is 2. The lowest BCUT2D eigenvalue weighted by molar-refractivity contribution is -0.145. The molecule has 2 aromatic heterocycles. The number of ether oxygens (including phenoxy) is 1. The zero-order valence-corrected chi connectivity index (χ0v) is 41.1. The Morgan fingerprint density at radius 3 is 1.89 bits per heavy atom. The molecule has 0 aliphatic carbocycles. The van der Waals surface area contributed by atoms with Gasteiger partial charge in [-0.25, -0.2) is 9.78 Å². The Hall–Kier alpha value is -8.19. The van der Waals surface area contributed by atoms with Crippen LogP contribution in [-0.4, -0.2) is 148 Å². The number of rotatable bonds is 28. The number of nitrogens with one attached hydrogen (secondary N) is 10. The van der Waals surface area contributed by atoms with Crippen LogP contribution in [0.25, 0.3) is 10.9 Å². The molecule has 0 bridgehead atoms. The highest BCUT2D eigenvalue weighted by Gasteiger charge is 2.34. The number of aliphatic hydroxyl groups excluding tert-OH is 1. The molecule has 0 aliphatic rings. The van der Waals surface area contributed by atoms with Crippen molar-refractivity contribution in [3.05, 3.63) is 90.1 Å². The topological polar surface area (TPSA) is 393 Å². The van der Waals surface area contributed by atoms with Crippen molar-refractivity contribution in [3.8, 4) is 0 Å². The molecule has 8 atom stereocenters. The number of amides is 9. The zero-order chi connectivity index (χ0) is 53.8. The van der Waals surface area contributed by atoms with Gasteiger partial charge >= 0.3 is 5.97 Å². The van der Waals surface area contributed by atoms with Gasteiger partial charge in [0.15, 0.2) is 0 Å². The van der Waals surface area contributed by atoms with Crippen LogP contribution in [0.2, 0.25) is 0 Å². The second-order valence-corrected chi connectivity index (χ2v) is 17.7. The third-order valence-corrected chi connectivity index (χ3v) is 11.3. The maximum absolute atomic E-state index is 14.1. The van der Waals surface area contributed by atoms with Gasteiger partial charge in [0, 0.05) is 48.3 Å². The van der Waals surface area contributed by atoms with E-state index in [1.54, 1.807) is 74.6 Å². The number of benzene rings is 2. The first-order chi connectivity index (χ1) is 34.7. The molecule has 394 valence electrons. The fourth-order valence-corrected chi connectivity index (χ4v) is 7.51. The van der Waals surface area contributed by atoms with E-state index < -0.39 is 127 Å². The SMILES string of the molecule is COC(=O)[C@H](Cc1ccccc1)NC(=O)[C@H](Cc1cnc[nH]1)NC(=O)CNC(=O)[C@@H](NC(=O)[C@H](C)NC(=O)[C@H](Cc1c[nH]c2ccccc12)NC(=O)[C@H](CC(C)C)NC(=O)[C@H](CC(N)=O)NC(=O)CN)[C@@H](C)O. The summed E-state index contributed by atoms with van der Waals surface area (Å²) < 4.78 is 4.90. The highest BCUT2D eigenvalue weighted by Crippen LogP contribution is 2.20. The number of fused-ring (bicyclic) bond motifs is 1. The molecule has 4 aromatic rings. The Morgan fingerprint density at radius 1 is 0.658 bits per heavy atom. The van der Waals surface area contributed by atoms with E-state index in [1.165, 1.54) is 33.5 Å². The second-order valence-electron chi connectivity index (χ2n) is 17.7. The van der Waals surface area contributed by atoms with E-state index in [-0.39, 0.29) is 31.6 Å². The number of nitrogens with two attached hydrogens (primary N) is 2. The first-order valence-electron chi connectivity index (χ1n) is 23.4. The van der Waals surface area contributed by atoms with Crippen molar-refractivity contribution in [1.82, 2.24) is 57.5 Å². The number of aromatic amines is 2. The van der Waals surface area contributed by atoms with Crippen molar-refractivity contribution in [2.24, 2.45) is 17.4 Å². The fourth-order valence-electron chi connectivity index (χ4n) is 7.51. The van der Waals surface area contributed by atoms with Crippen molar-refractivity contribution >= 4 is 70.0 Å². The number of primary amides is 1. The molecule has 25 heteroatoms. The number of carbonyl (C=O) groups excluding carboxylic acids is 10. The van der Waals surface area contributed by atoms with E-state index in [0.29, 0.717) is 11.3 Å². The number of imidazole rings is 1.